The van der Waals surface area contributed by atoms with Crippen molar-refractivity contribution in [2.24, 2.45) is 0 Å². The zero-order valence-corrected chi connectivity index (χ0v) is 17.1. The lowest BCUT2D eigenvalue weighted by molar-refractivity contribution is -0.139. The van der Waals surface area contributed by atoms with E-state index in [9.17, 15) is 14.4 Å². The van der Waals surface area contributed by atoms with E-state index in [0.29, 0.717) is 19.5 Å². The maximum absolute atomic E-state index is 13.2. The number of carbonyl (C=O) groups is 3. The van der Waals surface area contributed by atoms with Gasteiger partial charge in [0.05, 0.1) is 0 Å². The molecule has 0 spiro atoms. The highest BCUT2D eigenvalue weighted by molar-refractivity contribution is 6.09. The Hall–Kier alpha value is -3.35. The van der Waals surface area contributed by atoms with Crippen LogP contribution in [0.5, 0.6) is 0 Å². The van der Waals surface area contributed by atoms with Gasteiger partial charge in [0.25, 0.3) is 5.91 Å². The SMILES string of the molecule is CC[C@]1(c2ccccc2)NC(=O)N(CC(=O)N2CCN(c3ccccc3)CC2)C1=O. The molecule has 2 aliphatic heterocycles. The van der Waals surface area contributed by atoms with Gasteiger partial charge in [-0.05, 0) is 24.1 Å². The van der Waals surface area contributed by atoms with Crippen LogP contribution in [0.1, 0.15) is 18.9 Å². The summed E-state index contributed by atoms with van der Waals surface area (Å²) in [6.45, 7) is 4.20. The van der Waals surface area contributed by atoms with E-state index in [1.165, 1.54) is 0 Å². The van der Waals surface area contributed by atoms with Crippen molar-refractivity contribution in [3.63, 3.8) is 0 Å². The van der Waals surface area contributed by atoms with E-state index in [1.807, 2.05) is 55.5 Å². The number of piperazine rings is 1. The third kappa shape index (κ3) is 3.51. The van der Waals surface area contributed by atoms with E-state index in [4.69, 9.17) is 0 Å². The second-order valence-corrected chi connectivity index (χ2v) is 7.65. The predicted molar refractivity (Wildman–Crippen MR) is 114 cm³/mol. The topological polar surface area (TPSA) is 73.0 Å². The minimum absolute atomic E-state index is 0.203. The van der Waals surface area contributed by atoms with Gasteiger partial charge in [-0.15, -0.1) is 0 Å². The van der Waals surface area contributed by atoms with E-state index in [1.54, 1.807) is 4.90 Å². The molecule has 30 heavy (non-hydrogen) atoms. The van der Waals surface area contributed by atoms with Crippen molar-refractivity contribution in [3.05, 3.63) is 66.2 Å². The van der Waals surface area contributed by atoms with Crippen LogP contribution in [0.4, 0.5) is 10.5 Å². The van der Waals surface area contributed by atoms with E-state index in [0.717, 1.165) is 29.2 Å². The molecule has 7 nitrogen and oxygen atoms in total. The molecule has 0 aromatic heterocycles. The summed E-state index contributed by atoms with van der Waals surface area (Å²) in [7, 11) is 0. The van der Waals surface area contributed by atoms with E-state index >= 15 is 0 Å². The summed E-state index contributed by atoms with van der Waals surface area (Å²) < 4.78 is 0. The van der Waals surface area contributed by atoms with E-state index in [2.05, 4.69) is 22.3 Å². The Labute approximate surface area is 176 Å². The zero-order valence-electron chi connectivity index (χ0n) is 17.1. The Morgan fingerprint density at radius 2 is 1.53 bits per heavy atom. The molecule has 156 valence electrons. The summed E-state index contributed by atoms with van der Waals surface area (Å²) in [5.41, 5.74) is 0.761. The average Bonchev–Trinajstić information content (AvgIpc) is 3.05. The van der Waals surface area contributed by atoms with Crippen molar-refractivity contribution in [3.8, 4) is 0 Å². The summed E-state index contributed by atoms with van der Waals surface area (Å²) in [5.74, 6) is -0.566. The number of hydrogen-bond donors (Lipinski definition) is 1. The van der Waals surface area contributed by atoms with Crippen molar-refractivity contribution in [1.29, 1.82) is 0 Å². The first kappa shape index (κ1) is 19.9. The Morgan fingerprint density at radius 3 is 2.13 bits per heavy atom. The lowest BCUT2D eigenvalue weighted by Crippen LogP contribution is -2.52. The molecule has 2 saturated heterocycles. The quantitative estimate of drug-likeness (QED) is 0.773. The van der Waals surface area contributed by atoms with Gasteiger partial charge >= 0.3 is 6.03 Å². The number of amides is 4. The predicted octanol–water partition coefficient (Wildman–Crippen LogP) is 2.19. The van der Waals surface area contributed by atoms with Gasteiger partial charge in [0.1, 0.15) is 12.1 Å². The summed E-state index contributed by atoms with van der Waals surface area (Å²) in [6, 6.07) is 18.8. The van der Waals surface area contributed by atoms with E-state index in [-0.39, 0.29) is 18.4 Å². The molecule has 2 aromatic carbocycles. The monoisotopic (exact) mass is 406 g/mol. The fourth-order valence-electron chi connectivity index (χ4n) is 4.22. The fraction of sp³-hybridized carbons (Fsp3) is 0.348. The van der Waals surface area contributed by atoms with Crippen molar-refractivity contribution in [1.82, 2.24) is 15.1 Å². The molecule has 2 aromatic rings. The Balaban J connectivity index is 1.41. The summed E-state index contributed by atoms with van der Waals surface area (Å²) >= 11 is 0. The normalized spacial score (nSPS) is 21.7. The van der Waals surface area contributed by atoms with Gasteiger partial charge in [0, 0.05) is 31.9 Å². The number of para-hydroxylation sites is 1. The third-order valence-corrected chi connectivity index (χ3v) is 6.02. The molecule has 4 amide bonds. The maximum atomic E-state index is 13.2. The highest BCUT2D eigenvalue weighted by Crippen LogP contribution is 2.32. The van der Waals surface area contributed by atoms with E-state index < -0.39 is 11.6 Å². The fourth-order valence-corrected chi connectivity index (χ4v) is 4.22. The molecule has 1 atom stereocenters. The van der Waals surface area contributed by atoms with Crippen molar-refractivity contribution >= 4 is 23.5 Å². The molecule has 0 aliphatic carbocycles. The second-order valence-electron chi connectivity index (χ2n) is 7.65. The van der Waals surface area contributed by atoms with Crippen LogP contribution in [-0.2, 0) is 15.1 Å². The lowest BCUT2D eigenvalue weighted by Gasteiger charge is -2.36. The minimum Gasteiger partial charge on any atom is -0.368 e. The van der Waals surface area contributed by atoms with Crippen LogP contribution in [0, 0.1) is 0 Å². The number of carbonyl (C=O) groups excluding carboxylic acids is 3. The smallest absolute Gasteiger partial charge is 0.325 e. The molecular weight excluding hydrogens is 380 g/mol. The molecule has 7 heteroatoms. The van der Waals surface area contributed by atoms with Gasteiger partial charge in [0.2, 0.25) is 5.91 Å². The largest absolute Gasteiger partial charge is 0.368 e. The summed E-state index contributed by atoms with van der Waals surface area (Å²) in [4.78, 5) is 43.7. The summed E-state index contributed by atoms with van der Waals surface area (Å²) in [6.07, 6.45) is 0.419. The third-order valence-electron chi connectivity index (χ3n) is 6.02. The van der Waals surface area contributed by atoms with Crippen LogP contribution in [0.3, 0.4) is 0 Å². The Morgan fingerprint density at radius 1 is 0.933 bits per heavy atom. The number of rotatable bonds is 5. The first-order valence-electron chi connectivity index (χ1n) is 10.3. The molecule has 2 fully saturated rings. The molecule has 0 radical (unpaired) electrons. The summed E-state index contributed by atoms with van der Waals surface area (Å²) in [5, 5.41) is 2.83. The van der Waals surface area contributed by atoms with Crippen molar-refractivity contribution in [2.45, 2.75) is 18.9 Å². The Kier molecular flexibility index (Phi) is 5.44. The van der Waals surface area contributed by atoms with Crippen LogP contribution < -0.4 is 10.2 Å². The number of urea groups is 1. The first-order chi connectivity index (χ1) is 14.5. The first-order valence-corrected chi connectivity index (χ1v) is 10.3. The highest BCUT2D eigenvalue weighted by atomic mass is 16.2. The molecule has 1 N–H and O–H groups in total. The van der Waals surface area contributed by atoms with Crippen LogP contribution in [0.2, 0.25) is 0 Å². The number of imide groups is 1. The molecule has 0 unspecified atom stereocenters. The van der Waals surface area contributed by atoms with Gasteiger partial charge in [-0.1, -0.05) is 55.5 Å². The molecule has 4 rings (SSSR count). The molecule has 2 heterocycles. The number of hydrogen-bond acceptors (Lipinski definition) is 4. The zero-order chi connectivity index (χ0) is 21.1. The van der Waals surface area contributed by atoms with Gasteiger partial charge in [-0.2, -0.15) is 0 Å². The molecular formula is C23H26N4O3. The van der Waals surface area contributed by atoms with Crippen LogP contribution in [0.25, 0.3) is 0 Å². The maximum Gasteiger partial charge on any atom is 0.325 e. The van der Waals surface area contributed by atoms with Crippen LogP contribution in [0.15, 0.2) is 60.7 Å². The minimum atomic E-state index is -1.11. The van der Waals surface area contributed by atoms with Crippen molar-refractivity contribution < 1.29 is 14.4 Å². The molecule has 2 aliphatic rings. The highest BCUT2D eigenvalue weighted by Gasteiger charge is 2.51. The van der Waals surface area contributed by atoms with Gasteiger partial charge < -0.3 is 15.1 Å². The molecule has 0 saturated carbocycles. The lowest BCUT2D eigenvalue weighted by atomic mass is 9.87. The Bertz CT molecular complexity index is 926. The van der Waals surface area contributed by atoms with Crippen LogP contribution >= 0.6 is 0 Å². The second kappa shape index (κ2) is 8.18. The molecule has 0 bridgehead atoms. The number of benzene rings is 2. The van der Waals surface area contributed by atoms with Gasteiger partial charge in [-0.25, -0.2) is 4.79 Å². The van der Waals surface area contributed by atoms with Crippen molar-refractivity contribution in [2.75, 3.05) is 37.6 Å². The average molecular weight is 406 g/mol. The standard InChI is InChI=1S/C23H26N4O3/c1-2-23(18-9-5-3-6-10-18)21(29)27(22(30)24-23)17-20(28)26-15-13-25(14-16-26)19-11-7-4-8-12-19/h3-12H,2,13-17H2,1H3,(H,24,30)/t23-/m1/s1. The number of anilines is 1. The number of nitrogens with zero attached hydrogens (tertiary/aromatic N) is 3. The number of nitrogens with one attached hydrogen (secondary N) is 1. The van der Waals surface area contributed by atoms with Crippen LogP contribution in [-0.4, -0.2) is 60.4 Å². The van der Waals surface area contributed by atoms with Gasteiger partial charge in [-0.3, -0.25) is 14.5 Å². The van der Waals surface area contributed by atoms with Gasteiger partial charge in [0.15, 0.2) is 0 Å².